The lowest BCUT2D eigenvalue weighted by molar-refractivity contribution is 0.0941. The van der Waals surface area contributed by atoms with Crippen molar-refractivity contribution in [2.45, 2.75) is 46.1 Å². The van der Waals surface area contributed by atoms with E-state index in [4.69, 9.17) is 5.73 Å². The highest BCUT2D eigenvalue weighted by atomic mass is 16.1. The predicted octanol–water partition coefficient (Wildman–Crippen LogP) is 2.74. The van der Waals surface area contributed by atoms with Gasteiger partial charge in [-0.2, -0.15) is 5.10 Å². The van der Waals surface area contributed by atoms with Gasteiger partial charge >= 0.3 is 0 Å². The zero-order valence-electron chi connectivity index (χ0n) is 14.4. The van der Waals surface area contributed by atoms with Gasteiger partial charge in [0.05, 0.1) is 22.6 Å². The van der Waals surface area contributed by atoms with Crippen molar-refractivity contribution in [2.24, 2.45) is 5.73 Å². The Hall–Kier alpha value is -2.14. The highest BCUT2D eigenvalue weighted by Crippen LogP contribution is 2.18. The van der Waals surface area contributed by atoms with Gasteiger partial charge in [0, 0.05) is 12.1 Å². The van der Waals surface area contributed by atoms with Gasteiger partial charge in [-0.15, -0.1) is 0 Å². The Morgan fingerprint density at radius 2 is 1.83 bits per heavy atom. The van der Waals surface area contributed by atoms with E-state index in [0.29, 0.717) is 12.1 Å². The Morgan fingerprint density at radius 1 is 1.22 bits per heavy atom. The average Bonchev–Trinajstić information content (AvgIpc) is 2.88. The summed E-state index contributed by atoms with van der Waals surface area (Å²) < 4.78 is 1.81. The standard InChI is InChI=1S/C18H26N4O/c1-5-18(19,6-2)12-20-17(23)16-13(3)21-22(14(16)4)15-10-8-7-9-11-15/h7-11H,5-6,12,19H2,1-4H3,(H,20,23). The molecule has 1 amide bonds. The fourth-order valence-corrected chi connectivity index (χ4v) is 2.64. The molecule has 0 aliphatic heterocycles. The van der Waals surface area contributed by atoms with E-state index in [9.17, 15) is 4.79 Å². The van der Waals surface area contributed by atoms with Crippen LogP contribution in [0.25, 0.3) is 5.69 Å². The first kappa shape index (κ1) is 17.2. The Bertz CT molecular complexity index is 672. The molecule has 1 heterocycles. The van der Waals surface area contributed by atoms with Crippen LogP contribution in [-0.2, 0) is 0 Å². The number of aromatic nitrogens is 2. The van der Waals surface area contributed by atoms with Crippen LogP contribution in [0.15, 0.2) is 30.3 Å². The lowest BCUT2D eigenvalue weighted by atomic mass is 9.94. The maximum Gasteiger partial charge on any atom is 0.255 e. The van der Waals surface area contributed by atoms with E-state index in [2.05, 4.69) is 10.4 Å². The number of rotatable bonds is 6. The molecule has 0 spiro atoms. The van der Waals surface area contributed by atoms with Crippen LogP contribution in [-0.4, -0.2) is 27.8 Å². The second-order valence-electron chi connectivity index (χ2n) is 6.05. The Kier molecular flexibility index (Phi) is 5.21. The van der Waals surface area contributed by atoms with Crippen LogP contribution in [0.1, 0.15) is 48.4 Å². The molecule has 2 rings (SSSR count). The van der Waals surface area contributed by atoms with Crippen molar-refractivity contribution < 1.29 is 4.79 Å². The molecule has 2 aromatic rings. The Balaban J connectivity index is 2.24. The molecule has 0 atom stereocenters. The molecular weight excluding hydrogens is 288 g/mol. The summed E-state index contributed by atoms with van der Waals surface area (Å²) in [5.41, 5.74) is 9.04. The van der Waals surface area contributed by atoms with Crippen molar-refractivity contribution in [2.75, 3.05) is 6.54 Å². The number of hydrogen-bond donors (Lipinski definition) is 2. The fraction of sp³-hybridized carbons (Fsp3) is 0.444. The first-order valence-electron chi connectivity index (χ1n) is 8.10. The maximum absolute atomic E-state index is 12.6. The third-order valence-corrected chi connectivity index (χ3v) is 4.53. The minimum absolute atomic E-state index is 0.112. The van der Waals surface area contributed by atoms with E-state index in [1.807, 2.05) is 58.0 Å². The molecular formula is C18H26N4O. The number of carbonyl (C=O) groups excluding carboxylic acids is 1. The number of benzene rings is 1. The first-order valence-corrected chi connectivity index (χ1v) is 8.10. The molecule has 3 N–H and O–H groups in total. The van der Waals surface area contributed by atoms with Crippen LogP contribution in [0.2, 0.25) is 0 Å². The van der Waals surface area contributed by atoms with Gasteiger partial charge in [0.15, 0.2) is 0 Å². The summed E-state index contributed by atoms with van der Waals surface area (Å²) in [4.78, 5) is 12.6. The molecule has 0 unspecified atom stereocenters. The Labute approximate surface area is 137 Å². The number of nitrogens with one attached hydrogen (secondary N) is 1. The van der Waals surface area contributed by atoms with Gasteiger partial charge in [-0.05, 0) is 38.8 Å². The van der Waals surface area contributed by atoms with Gasteiger partial charge in [0.25, 0.3) is 5.91 Å². The number of para-hydroxylation sites is 1. The van der Waals surface area contributed by atoms with Crippen LogP contribution in [0, 0.1) is 13.8 Å². The zero-order chi connectivity index (χ0) is 17.0. The van der Waals surface area contributed by atoms with Crippen molar-refractivity contribution in [1.29, 1.82) is 0 Å². The van der Waals surface area contributed by atoms with E-state index < -0.39 is 0 Å². The molecule has 0 radical (unpaired) electrons. The molecule has 0 saturated heterocycles. The number of hydrogen-bond acceptors (Lipinski definition) is 3. The van der Waals surface area contributed by atoms with E-state index in [1.54, 1.807) is 4.68 Å². The summed E-state index contributed by atoms with van der Waals surface area (Å²) in [5.74, 6) is -0.112. The van der Waals surface area contributed by atoms with E-state index in [0.717, 1.165) is 29.9 Å². The molecule has 0 bridgehead atoms. The summed E-state index contributed by atoms with van der Waals surface area (Å²) in [7, 11) is 0. The van der Waals surface area contributed by atoms with Gasteiger partial charge in [0.1, 0.15) is 0 Å². The average molecular weight is 314 g/mol. The summed E-state index contributed by atoms with van der Waals surface area (Å²) in [5, 5.41) is 7.48. The highest BCUT2D eigenvalue weighted by Gasteiger charge is 2.24. The molecule has 5 heteroatoms. The summed E-state index contributed by atoms with van der Waals surface area (Å²) in [6.07, 6.45) is 1.65. The summed E-state index contributed by atoms with van der Waals surface area (Å²) in [6.45, 7) is 8.32. The summed E-state index contributed by atoms with van der Waals surface area (Å²) in [6, 6.07) is 9.81. The van der Waals surface area contributed by atoms with E-state index in [-0.39, 0.29) is 11.4 Å². The van der Waals surface area contributed by atoms with Crippen LogP contribution >= 0.6 is 0 Å². The minimum Gasteiger partial charge on any atom is -0.350 e. The van der Waals surface area contributed by atoms with Crippen molar-refractivity contribution in [3.05, 3.63) is 47.3 Å². The number of carbonyl (C=O) groups is 1. The van der Waals surface area contributed by atoms with Gasteiger partial charge in [0.2, 0.25) is 0 Å². The van der Waals surface area contributed by atoms with Crippen molar-refractivity contribution in [1.82, 2.24) is 15.1 Å². The molecule has 0 fully saturated rings. The lowest BCUT2D eigenvalue weighted by Crippen LogP contribution is -2.49. The molecule has 1 aromatic heterocycles. The van der Waals surface area contributed by atoms with Gasteiger partial charge in [-0.1, -0.05) is 32.0 Å². The van der Waals surface area contributed by atoms with Crippen LogP contribution < -0.4 is 11.1 Å². The van der Waals surface area contributed by atoms with Crippen molar-refractivity contribution in [3.63, 3.8) is 0 Å². The lowest BCUT2D eigenvalue weighted by Gasteiger charge is -2.26. The van der Waals surface area contributed by atoms with E-state index >= 15 is 0 Å². The third kappa shape index (κ3) is 3.62. The molecule has 0 aliphatic carbocycles. The number of amides is 1. The zero-order valence-corrected chi connectivity index (χ0v) is 14.4. The second kappa shape index (κ2) is 6.96. The van der Waals surface area contributed by atoms with E-state index in [1.165, 1.54) is 0 Å². The van der Waals surface area contributed by atoms with Gasteiger partial charge in [-0.3, -0.25) is 4.79 Å². The van der Waals surface area contributed by atoms with Gasteiger partial charge in [-0.25, -0.2) is 4.68 Å². The molecule has 23 heavy (non-hydrogen) atoms. The quantitative estimate of drug-likeness (QED) is 0.861. The minimum atomic E-state index is -0.354. The topological polar surface area (TPSA) is 72.9 Å². The second-order valence-corrected chi connectivity index (χ2v) is 6.05. The number of aryl methyl sites for hydroxylation is 1. The first-order chi connectivity index (χ1) is 10.9. The van der Waals surface area contributed by atoms with Crippen molar-refractivity contribution in [3.8, 4) is 5.69 Å². The molecule has 124 valence electrons. The van der Waals surface area contributed by atoms with Gasteiger partial charge < -0.3 is 11.1 Å². The molecule has 0 aliphatic rings. The Morgan fingerprint density at radius 3 is 2.39 bits per heavy atom. The number of nitrogens with two attached hydrogens (primary N) is 1. The fourth-order valence-electron chi connectivity index (χ4n) is 2.64. The monoisotopic (exact) mass is 314 g/mol. The maximum atomic E-state index is 12.6. The summed E-state index contributed by atoms with van der Waals surface area (Å²) >= 11 is 0. The third-order valence-electron chi connectivity index (χ3n) is 4.53. The van der Waals surface area contributed by atoms with Crippen LogP contribution in [0.3, 0.4) is 0 Å². The van der Waals surface area contributed by atoms with Crippen LogP contribution in [0.4, 0.5) is 0 Å². The molecule has 0 saturated carbocycles. The highest BCUT2D eigenvalue weighted by molar-refractivity contribution is 5.96. The largest absolute Gasteiger partial charge is 0.350 e. The number of nitrogens with zero attached hydrogens (tertiary/aromatic N) is 2. The normalized spacial score (nSPS) is 11.5. The van der Waals surface area contributed by atoms with Crippen LogP contribution in [0.5, 0.6) is 0 Å². The molecule has 1 aromatic carbocycles. The van der Waals surface area contributed by atoms with Crippen molar-refractivity contribution >= 4 is 5.91 Å². The predicted molar refractivity (Wildman–Crippen MR) is 92.9 cm³/mol. The SMILES string of the molecule is CCC(N)(CC)CNC(=O)c1c(C)nn(-c2ccccc2)c1C. The smallest absolute Gasteiger partial charge is 0.255 e. The molecule has 5 nitrogen and oxygen atoms in total.